The van der Waals surface area contributed by atoms with Gasteiger partial charge in [0.1, 0.15) is 0 Å². The van der Waals surface area contributed by atoms with Crippen LogP contribution in [-0.2, 0) is 9.53 Å². The number of halogens is 1. The first-order chi connectivity index (χ1) is 10.2. The van der Waals surface area contributed by atoms with Crippen molar-refractivity contribution in [1.29, 1.82) is 0 Å². The summed E-state index contributed by atoms with van der Waals surface area (Å²) in [7, 11) is 0. The van der Waals surface area contributed by atoms with E-state index in [1.54, 1.807) is 0 Å². The lowest BCUT2D eigenvalue weighted by atomic mass is 10.2. The van der Waals surface area contributed by atoms with Crippen molar-refractivity contribution in [3.8, 4) is 0 Å². The molecule has 1 atom stereocenters. The summed E-state index contributed by atoms with van der Waals surface area (Å²) in [6.45, 7) is 2.11. The Hall–Kier alpha value is -1.76. The van der Waals surface area contributed by atoms with Gasteiger partial charge in [-0.25, -0.2) is 9.97 Å². The lowest BCUT2D eigenvalue weighted by molar-refractivity contribution is -0.119. The molecule has 0 bridgehead atoms. The molecule has 2 heterocycles. The molecule has 3 rings (SSSR count). The minimum absolute atomic E-state index is 0.119. The highest BCUT2D eigenvalue weighted by Gasteiger charge is 2.18. The Bertz CT molecular complexity index is 658. The predicted octanol–water partition coefficient (Wildman–Crippen LogP) is 1.60. The topological polar surface area (TPSA) is 76.1 Å². The summed E-state index contributed by atoms with van der Waals surface area (Å²) in [6.07, 6.45) is 0.142. The monoisotopic (exact) mass is 306 g/mol. The summed E-state index contributed by atoms with van der Waals surface area (Å²) in [4.78, 5) is 20.6. The van der Waals surface area contributed by atoms with Crippen LogP contribution in [-0.4, -0.2) is 41.7 Å². The summed E-state index contributed by atoms with van der Waals surface area (Å²) >= 11 is 6.06. The Morgan fingerprint density at radius 1 is 1.38 bits per heavy atom. The van der Waals surface area contributed by atoms with Crippen molar-refractivity contribution in [3.05, 3.63) is 29.4 Å². The molecule has 2 aromatic rings. The van der Waals surface area contributed by atoms with Crippen molar-refractivity contribution in [1.82, 2.24) is 15.3 Å². The Morgan fingerprint density at radius 3 is 2.86 bits per heavy atom. The number of fused-ring (bicyclic) bond motifs is 1. The Morgan fingerprint density at radius 2 is 2.14 bits per heavy atom. The van der Waals surface area contributed by atoms with Crippen molar-refractivity contribution in [2.45, 2.75) is 12.5 Å². The second kappa shape index (κ2) is 6.34. The quantitative estimate of drug-likeness (QED) is 0.901. The maximum Gasteiger partial charge on any atom is 0.228 e. The number of carbonyl (C=O) groups excluding carboxylic acids is 1. The van der Waals surface area contributed by atoms with E-state index in [9.17, 15) is 4.79 Å². The molecule has 2 N–H and O–H groups in total. The van der Waals surface area contributed by atoms with Crippen molar-refractivity contribution in [2.75, 3.05) is 25.0 Å². The van der Waals surface area contributed by atoms with Crippen LogP contribution in [0.25, 0.3) is 11.0 Å². The van der Waals surface area contributed by atoms with E-state index in [1.165, 1.54) is 0 Å². The second-order valence-electron chi connectivity index (χ2n) is 4.80. The number of nitrogens with one attached hydrogen (secondary N) is 2. The molecule has 110 valence electrons. The van der Waals surface area contributed by atoms with Gasteiger partial charge in [-0.1, -0.05) is 23.7 Å². The molecule has 1 unspecified atom stereocenters. The number of aromatic nitrogens is 2. The molecule has 1 amide bonds. The average molecular weight is 307 g/mol. The molecule has 1 aromatic carbocycles. The molecule has 1 aromatic heterocycles. The normalized spacial score (nSPS) is 18.6. The maximum absolute atomic E-state index is 12.0. The fourth-order valence-corrected chi connectivity index (χ4v) is 2.38. The van der Waals surface area contributed by atoms with E-state index in [-0.39, 0.29) is 29.4 Å². The van der Waals surface area contributed by atoms with E-state index in [4.69, 9.17) is 16.3 Å². The molecule has 1 aliphatic heterocycles. The number of morpholine rings is 1. The number of amides is 1. The van der Waals surface area contributed by atoms with Crippen LogP contribution in [0.2, 0.25) is 5.15 Å². The average Bonchev–Trinajstić information content (AvgIpc) is 2.49. The number of carbonyl (C=O) groups is 1. The Labute approximate surface area is 126 Å². The summed E-state index contributed by atoms with van der Waals surface area (Å²) in [5, 5.41) is 6.06. The number of nitrogens with zero attached hydrogens (tertiary/aromatic N) is 2. The largest absolute Gasteiger partial charge is 0.375 e. The summed E-state index contributed by atoms with van der Waals surface area (Å²) in [6, 6.07) is 7.36. The molecule has 1 saturated heterocycles. The highest BCUT2D eigenvalue weighted by atomic mass is 35.5. The van der Waals surface area contributed by atoms with Crippen LogP contribution in [0.4, 0.5) is 5.82 Å². The van der Waals surface area contributed by atoms with Crippen molar-refractivity contribution >= 4 is 34.4 Å². The van der Waals surface area contributed by atoms with Crippen LogP contribution in [0.5, 0.6) is 0 Å². The van der Waals surface area contributed by atoms with E-state index in [2.05, 4.69) is 20.6 Å². The molecule has 0 aliphatic carbocycles. The molecular formula is C14H15ClN4O2. The molecule has 6 nitrogen and oxygen atoms in total. The van der Waals surface area contributed by atoms with Gasteiger partial charge in [-0.15, -0.1) is 0 Å². The zero-order valence-corrected chi connectivity index (χ0v) is 12.1. The lowest BCUT2D eigenvalue weighted by Gasteiger charge is -2.22. The first-order valence-electron chi connectivity index (χ1n) is 6.77. The molecule has 0 saturated carbocycles. The fraction of sp³-hybridized carbons (Fsp3) is 0.357. The first-order valence-corrected chi connectivity index (χ1v) is 7.14. The number of anilines is 1. The molecule has 1 aliphatic rings. The van der Waals surface area contributed by atoms with Gasteiger partial charge in [0, 0.05) is 13.1 Å². The number of hydrogen-bond acceptors (Lipinski definition) is 5. The maximum atomic E-state index is 12.0. The first kappa shape index (κ1) is 14.2. The van der Waals surface area contributed by atoms with Gasteiger partial charge in [0.15, 0.2) is 11.0 Å². The van der Waals surface area contributed by atoms with Crippen LogP contribution in [0, 0.1) is 0 Å². The predicted molar refractivity (Wildman–Crippen MR) is 80.4 cm³/mol. The third kappa shape index (κ3) is 3.47. The Kier molecular flexibility index (Phi) is 4.28. The van der Waals surface area contributed by atoms with E-state index in [1.807, 2.05) is 24.3 Å². The van der Waals surface area contributed by atoms with Crippen LogP contribution < -0.4 is 10.6 Å². The molecule has 0 spiro atoms. The number of benzene rings is 1. The second-order valence-corrected chi connectivity index (χ2v) is 5.16. The number of para-hydroxylation sites is 2. The van der Waals surface area contributed by atoms with Gasteiger partial charge in [-0.3, -0.25) is 4.79 Å². The number of rotatable bonds is 3. The van der Waals surface area contributed by atoms with Crippen LogP contribution in [0.3, 0.4) is 0 Å². The van der Waals surface area contributed by atoms with E-state index in [0.29, 0.717) is 24.2 Å². The van der Waals surface area contributed by atoms with Crippen molar-refractivity contribution in [3.63, 3.8) is 0 Å². The van der Waals surface area contributed by atoms with Gasteiger partial charge in [0.25, 0.3) is 0 Å². The van der Waals surface area contributed by atoms with Gasteiger partial charge >= 0.3 is 0 Å². The lowest BCUT2D eigenvalue weighted by Crippen LogP contribution is -2.40. The summed E-state index contributed by atoms with van der Waals surface area (Å²) < 4.78 is 5.49. The summed E-state index contributed by atoms with van der Waals surface area (Å²) in [5.41, 5.74) is 1.38. The van der Waals surface area contributed by atoms with Gasteiger partial charge in [-0.2, -0.15) is 0 Å². The van der Waals surface area contributed by atoms with Crippen LogP contribution in [0.1, 0.15) is 6.42 Å². The molecular weight excluding hydrogens is 292 g/mol. The zero-order chi connectivity index (χ0) is 14.7. The highest BCUT2D eigenvalue weighted by Crippen LogP contribution is 2.21. The van der Waals surface area contributed by atoms with Crippen LogP contribution in [0.15, 0.2) is 24.3 Å². The van der Waals surface area contributed by atoms with Gasteiger partial charge in [-0.05, 0) is 12.1 Å². The minimum Gasteiger partial charge on any atom is -0.375 e. The standard InChI is InChI=1S/C14H15ClN4O2/c15-13-14(18-11-4-2-1-3-10(11)17-13)19-12(20)7-9-8-16-5-6-21-9/h1-4,9,16H,5-8H2,(H,18,19,20). The molecule has 0 radical (unpaired) electrons. The third-order valence-corrected chi connectivity index (χ3v) is 3.47. The van der Waals surface area contributed by atoms with Gasteiger partial charge in [0.05, 0.1) is 30.2 Å². The van der Waals surface area contributed by atoms with Crippen LogP contribution >= 0.6 is 11.6 Å². The summed E-state index contributed by atoms with van der Waals surface area (Å²) in [5.74, 6) is 0.0966. The van der Waals surface area contributed by atoms with Gasteiger partial charge in [0.2, 0.25) is 5.91 Å². The molecule has 7 heteroatoms. The fourth-order valence-electron chi connectivity index (χ4n) is 2.20. The van der Waals surface area contributed by atoms with Crippen molar-refractivity contribution < 1.29 is 9.53 Å². The van der Waals surface area contributed by atoms with E-state index in [0.717, 1.165) is 6.54 Å². The molecule has 21 heavy (non-hydrogen) atoms. The minimum atomic E-state index is -0.185. The number of hydrogen-bond donors (Lipinski definition) is 2. The van der Waals surface area contributed by atoms with Crippen molar-refractivity contribution in [2.24, 2.45) is 0 Å². The third-order valence-electron chi connectivity index (χ3n) is 3.20. The Balaban J connectivity index is 1.71. The van der Waals surface area contributed by atoms with Gasteiger partial charge < -0.3 is 15.4 Å². The van der Waals surface area contributed by atoms with E-state index >= 15 is 0 Å². The smallest absolute Gasteiger partial charge is 0.228 e. The molecule has 1 fully saturated rings. The number of ether oxygens (including phenoxy) is 1. The zero-order valence-electron chi connectivity index (χ0n) is 11.3. The SMILES string of the molecule is O=C(CC1CNCCO1)Nc1nc2ccccc2nc1Cl. The van der Waals surface area contributed by atoms with E-state index < -0.39 is 0 Å². The highest BCUT2D eigenvalue weighted by molar-refractivity contribution is 6.32.